The number of furan rings is 1. The van der Waals surface area contributed by atoms with E-state index >= 15 is 0 Å². The van der Waals surface area contributed by atoms with Crippen molar-refractivity contribution in [1.82, 2.24) is 25.8 Å². The average Bonchev–Trinajstić information content (AvgIpc) is 3.33. The summed E-state index contributed by atoms with van der Waals surface area (Å²) in [6, 6.07) is 4.21. The molecular weight excluding hydrogens is 443 g/mol. The standard InChI is InChI=1S/C18H28N6O.HI/c1-3-13-6-8-14(9-7-13)21-18(19-2)20-11-10-16-22-17(24-23-16)15-5-4-12-25-15;/h4-5,12-14H,3,6-11H2,1-2H3,(H2,19,20,21)(H,22,23,24);1H. The Hall–Kier alpha value is -1.58. The zero-order valence-corrected chi connectivity index (χ0v) is 17.8. The summed E-state index contributed by atoms with van der Waals surface area (Å²) in [5.74, 6) is 3.87. The summed E-state index contributed by atoms with van der Waals surface area (Å²) in [6.45, 7) is 3.04. The summed E-state index contributed by atoms with van der Waals surface area (Å²) in [6.07, 6.45) is 8.77. The molecule has 3 rings (SSSR count). The first kappa shape index (κ1) is 20.7. The van der Waals surface area contributed by atoms with Crippen molar-refractivity contribution in [3.8, 4) is 11.6 Å². The molecule has 2 heterocycles. The second kappa shape index (κ2) is 10.5. The zero-order valence-electron chi connectivity index (χ0n) is 15.5. The number of hydrogen-bond donors (Lipinski definition) is 3. The number of aromatic amines is 1. The van der Waals surface area contributed by atoms with Gasteiger partial charge in [0.15, 0.2) is 11.7 Å². The Labute approximate surface area is 171 Å². The van der Waals surface area contributed by atoms with E-state index < -0.39 is 0 Å². The molecule has 0 atom stereocenters. The van der Waals surface area contributed by atoms with Gasteiger partial charge in [-0.2, -0.15) is 5.10 Å². The molecular formula is C18H29IN6O. The molecule has 26 heavy (non-hydrogen) atoms. The van der Waals surface area contributed by atoms with E-state index in [1.54, 1.807) is 6.26 Å². The predicted octanol–water partition coefficient (Wildman–Crippen LogP) is 3.36. The Bertz CT molecular complexity index is 661. The number of aliphatic imine (C=N–C) groups is 1. The maximum atomic E-state index is 5.30. The van der Waals surface area contributed by atoms with Crippen LogP contribution in [-0.2, 0) is 6.42 Å². The predicted molar refractivity (Wildman–Crippen MR) is 114 cm³/mol. The molecule has 2 aromatic heterocycles. The van der Waals surface area contributed by atoms with Crippen LogP contribution < -0.4 is 10.6 Å². The molecule has 2 aromatic rings. The van der Waals surface area contributed by atoms with Crippen molar-refractivity contribution in [2.45, 2.75) is 51.5 Å². The Balaban J connectivity index is 0.00000243. The van der Waals surface area contributed by atoms with Crippen LogP contribution in [0.25, 0.3) is 11.6 Å². The minimum absolute atomic E-state index is 0. The molecule has 0 spiro atoms. The molecule has 3 N–H and O–H groups in total. The number of nitrogens with zero attached hydrogens (tertiary/aromatic N) is 3. The van der Waals surface area contributed by atoms with Crippen LogP contribution in [0.15, 0.2) is 27.8 Å². The molecule has 1 fully saturated rings. The first-order chi connectivity index (χ1) is 12.3. The Kier molecular flexibility index (Phi) is 8.40. The molecule has 8 heteroatoms. The largest absolute Gasteiger partial charge is 0.461 e. The van der Waals surface area contributed by atoms with Crippen LogP contribution in [0.2, 0.25) is 0 Å². The summed E-state index contributed by atoms with van der Waals surface area (Å²) in [5.41, 5.74) is 0. The molecule has 0 bridgehead atoms. The van der Waals surface area contributed by atoms with Gasteiger partial charge >= 0.3 is 0 Å². The van der Waals surface area contributed by atoms with Crippen LogP contribution in [0.1, 0.15) is 44.9 Å². The summed E-state index contributed by atoms with van der Waals surface area (Å²) in [5, 5.41) is 14.0. The lowest BCUT2D eigenvalue weighted by Gasteiger charge is -2.29. The zero-order chi connectivity index (χ0) is 17.5. The number of rotatable bonds is 6. The molecule has 0 radical (unpaired) electrons. The fraction of sp³-hybridized carbons (Fsp3) is 0.611. The highest BCUT2D eigenvalue weighted by atomic mass is 127. The van der Waals surface area contributed by atoms with Gasteiger partial charge in [0.2, 0.25) is 5.82 Å². The van der Waals surface area contributed by atoms with Crippen LogP contribution >= 0.6 is 24.0 Å². The normalized spacial score (nSPS) is 20.5. The average molecular weight is 472 g/mol. The van der Waals surface area contributed by atoms with Gasteiger partial charge in [-0.1, -0.05) is 13.3 Å². The smallest absolute Gasteiger partial charge is 0.216 e. The van der Waals surface area contributed by atoms with Crippen molar-refractivity contribution in [3.05, 3.63) is 24.2 Å². The number of nitrogens with one attached hydrogen (secondary N) is 3. The van der Waals surface area contributed by atoms with Crippen molar-refractivity contribution in [2.75, 3.05) is 13.6 Å². The van der Waals surface area contributed by atoms with E-state index in [1.165, 1.54) is 32.1 Å². The molecule has 1 aliphatic rings. The fourth-order valence-corrected chi connectivity index (χ4v) is 3.33. The third-order valence-corrected chi connectivity index (χ3v) is 4.92. The summed E-state index contributed by atoms with van der Waals surface area (Å²) in [7, 11) is 1.82. The minimum Gasteiger partial charge on any atom is -0.461 e. The number of aromatic nitrogens is 3. The van der Waals surface area contributed by atoms with Crippen LogP contribution in [0.5, 0.6) is 0 Å². The molecule has 0 aromatic carbocycles. The van der Waals surface area contributed by atoms with Gasteiger partial charge in [-0.25, -0.2) is 4.98 Å². The SMILES string of the molecule is CCC1CCC(NC(=NC)NCCc2nc(-c3ccco3)n[nH]2)CC1.I. The fourth-order valence-electron chi connectivity index (χ4n) is 3.33. The monoisotopic (exact) mass is 472 g/mol. The van der Waals surface area contributed by atoms with Crippen molar-refractivity contribution in [2.24, 2.45) is 10.9 Å². The van der Waals surface area contributed by atoms with Gasteiger partial charge in [0.05, 0.1) is 6.26 Å². The van der Waals surface area contributed by atoms with E-state index in [0.29, 0.717) is 17.6 Å². The molecule has 0 amide bonds. The van der Waals surface area contributed by atoms with Gasteiger partial charge in [0.1, 0.15) is 5.82 Å². The maximum Gasteiger partial charge on any atom is 0.216 e. The van der Waals surface area contributed by atoms with E-state index in [4.69, 9.17) is 4.42 Å². The van der Waals surface area contributed by atoms with Gasteiger partial charge in [0, 0.05) is 26.1 Å². The number of guanidine groups is 1. The second-order valence-electron chi connectivity index (χ2n) is 6.60. The van der Waals surface area contributed by atoms with E-state index in [0.717, 1.165) is 30.7 Å². The minimum atomic E-state index is 0. The van der Waals surface area contributed by atoms with Gasteiger partial charge < -0.3 is 15.1 Å². The van der Waals surface area contributed by atoms with Gasteiger partial charge in [-0.15, -0.1) is 24.0 Å². The highest BCUT2D eigenvalue weighted by molar-refractivity contribution is 14.0. The quantitative estimate of drug-likeness (QED) is 0.341. The van der Waals surface area contributed by atoms with Crippen molar-refractivity contribution in [1.29, 1.82) is 0 Å². The summed E-state index contributed by atoms with van der Waals surface area (Å²) >= 11 is 0. The van der Waals surface area contributed by atoms with Gasteiger partial charge in [-0.3, -0.25) is 10.1 Å². The molecule has 144 valence electrons. The Morgan fingerprint density at radius 1 is 1.35 bits per heavy atom. The third kappa shape index (κ3) is 5.72. The lowest BCUT2D eigenvalue weighted by molar-refractivity contribution is 0.304. The molecule has 1 saturated carbocycles. The van der Waals surface area contributed by atoms with E-state index in [2.05, 4.69) is 37.7 Å². The molecule has 1 aliphatic carbocycles. The third-order valence-electron chi connectivity index (χ3n) is 4.92. The van der Waals surface area contributed by atoms with Gasteiger partial charge in [0.25, 0.3) is 0 Å². The van der Waals surface area contributed by atoms with Gasteiger partial charge in [-0.05, 0) is 43.7 Å². The van der Waals surface area contributed by atoms with Crippen molar-refractivity contribution < 1.29 is 4.42 Å². The lowest BCUT2D eigenvalue weighted by atomic mass is 9.84. The topological polar surface area (TPSA) is 91.1 Å². The number of hydrogen-bond acceptors (Lipinski definition) is 4. The van der Waals surface area contributed by atoms with Crippen molar-refractivity contribution >= 4 is 29.9 Å². The molecule has 7 nitrogen and oxygen atoms in total. The van der Waals surface area contributed by atoms with E-state index in [1.807, 2.05) is 19.2 Å². The first-order valence-corrected chi connectivity index (χ1v) is 9.20. The van der Waals surface area contributed by atoms with Crippen LogP contribution in [0.4, 0.5) is 0 Å². The van der Waals surface area contributed by atoms with Crippen LogP contribution in [-0.4, -0.2) is 40.8 Å². The molecule has 0 aliphatic heterocycles. The highest BCUT2D eigenvalue weighted by Crippen LogP contribution is 2.26. The van der Waals surface area contributed by atoms with E-state index in [9.17, 15) is 0 Å². The number of H-pyrrole nitrogens is 1. The maximum absolute atomic E-state index is 5.30. The van der Waals surface area contributed by atoms with Crippen LogP contribution in [0.3, 0.4) is 0 Å². The van der Waals surface area contributed by atoms with Crippen molar-refractivity contribution in [3.63, 3.8) is 0 Å². The Morgan fingerprint density at radius 2 is 2.15 bits per heavy atom. The lowest BCUT2D eigenvalue weighted by Crippen LogP contribution is -2.45. The molecule has 0 saturated heterocycles. The Morgan fingerprint density at radius 3 is 2.81 bits per heavy atom. The molecule has 0 unspecified atom stereocenters. The van der Waals surface area contributed by atoms with Crippen LogP contribution in [0, 0.1) is 5.92 Å². The number of halogens is 1. The summed E-state index contributed by atoms with van der Waals surface area (Å²) < 4.78 is 5.30. The second-order valence-corrected chi connectivity index (χ2v) is 6.60. The first-order valence-electron chi connectivity index (χ1n) is 9.20. The van der Waals surface area contributed by atoms with E-state index in [-0.39, 0.29) is 24.0 Å². The summed E-state index contributed by atoms with van der Waals surface area (Å²) in [4.78, 5) is 8.78. The highest BCUT2D eigenvalue weighted by Gasteiger charge is 2.20.